The number of carbonyl (C=O) groups is 1. The van der Waals surface area contributed by atoms with E-state index in [1.807, 2.05) is 13.0 Å². The Labute approximate surface area is 174 Å². The van der Waals surface area contributed by atoms with Crippen molar-refractivity contribution in [1.29, 1.82) is 0 Å². The van der Waals surface area contributed by atoms with Gasteiger partial charge in [-0.05, 0) is 54.4 Å². The quantitative estimate of drug-likeness (QED) is 0.612. The molecule has 3 rings (SSSR count). The minimum Gasteiger partial charge on any atom is -0.456 e. The zero-order chi connectivity index (χ0) is 21.2. The lowest BCUT2D eigenvalue weighted by Gasteiger charge is -2.16. The van der Waals surface area contributed by atoms with E-state index in [0.29, 0.717) is 27.6 Å². The predicted molar refractivity (Wildman–Crippen MR) is 114 cm³/mol. The van der Waals surface area contributed by atoms with Crippen molar-refractivity contribution in [3.05, 3.63) is 71.2 Å². The van der Waals surface area contributed by atoms with Crippen LogP contribution >= 0.6 is 11.6 Å². The monoisotopic (exact) mass is 430 g/mol. The Bertz CT molecular complexity index is 1190. The van der Waals surface area contributed by atoms with Gasteiger partial charge in [0.2, 0.25) is 15.9 Å². The van der Waals surface area contributed by atoms with Crippen molar-refractivity contribution in [2.24, 2.45) is 5.14 Å². The molecular weight excluding hydrogens is 412 g/mol. The molecular formula is C21H19ClN2O4S. The molecule has 6 nitrogen and oxygen atoms in total. The topological polar surface area (TPSA) is 98.5 Å². The van der Waals surface area contributed by atoms with Crippen molar-refractivity contribution in [2.75, 3.05) is 5.32 Å². The van der Waals surface area contributed by atoms with Gasteiger partial charge in [0.05, 0.1) is 0 Å². The van der Waals surface area contributed by atoms with E-state index in [4.69, 9.17) is 21.5 Å². The Balaban J connectivity index is 2.14. The number of amides is 1. The average Bonchev–Trinajstić information content (AvgIpc) is 2.61. The summed E-state index contributed by atoms with van der Waals surface area (Å²) in [6.07, 6.45) is 0. The van der Waals surface area contributed by atoms with Crippen LogP contribution in [0.3, 0.4) is 0 Å². The van der Waals surface area contributed by atoms with Gasteiger partial charge in [0.25, 0.3) is 0 Å². The molecule has 0 aromatic heterocycles. The Morgan fingerprint density at radius 2 is 1.79 bits per heavy atom. The molecule has 0 saturated heterocycles. The molecule has 0 unspecified atom stereocenters. The van der Waals surface area contributed by atoms with Crippen molar-refractivity contribution in [3.8, 4) is 22.6 Å². The average molecular weight is 431 g/mol. The smallest absolute Gasteiger partial charge is 0.241 e. The third kappa shape index (κ3) is 4.95. The van der Waals surface area contributed by atoms with Crippen LogP contribution in [0.4, 0.5) is 5.69 Å². The van der Waals surface area contributed by atoms with Gasteiger partial charge < -0.3 is 10.1 Å². The maximum absolute atomic E-state index is 12.2. The highest BCUT2D eigenvalue weighted by molar-refractivity contribution is 7.89. The molecule has 0 spiro atoms. The van der Waals surface area contributed by atoms with Crippen LogP contribution in [0.5, 0.6) is 11.5 Å². The first-order chi connectivity index (χ1) is 13.6. The van der Waals surface area contributed by atoms with Crippen LogP contribution in [0.25, 0.3) is 11.1 Å². The molecule has 0 aliphatic carbocycles. The van der Waals surface area contributed by atoms with Crippen LogP contribution in [0, 0.1) is 6.92 Å². The molecule has 3 aromatic rings. The minimum absolute atomic E-state index is 0.0770. The summed E-state index contributed by atoms with van der Waals surface area (Å²) in [6.45, 7) is 3.28. The van der Waals surface area contributed by atoms with Gasteiger partial charge in [-0.3, -0.25) is 4.79 Å². The number of anilines is 1. The minimum atomic E-state index is -4.09. The third-order valence-electron chi connectivity index (χ3n) is 4.15. The predicted octanol–water partition coefficient (Wildman–Crippen LogP) is 4.71. The Hall–Kier alpha value is -2.87. The second kappa shape index (κ2) is 8.24. The summed E-state index contributed by atoms with van der Waals surface area (Å²) in [6, 6.07) is 16.7. The van der Waals surface area contributed by atoms with E-state index in [0.717, 1.165) is 5.56 Å². The number of nitrogens with two attached hydrogens (primary N) is 1. The van der Waals surface area contributed by atoms with Crippen LogP contribution in [0.15, 0.2) is 65.6 Å². The van der Waals surface area contributed by atoms with Gasteiger partial charge in [-0.1, -0.05) is 35.9 Å². The lowest BCUT2D eigenvalue weighted by Crippen LogP contribution is -2.13. The Morgan fingerprint density at radius 3 is 2.45 bits per heavy atom. The molecule has 1 amide bonds. The van der Waals surface area contributed by atoms with E-state index >= 15 is 0 Å². The number of halogens is 1. The molecule has 150 valence electrons. The Kier molecular flexibility index (Phi) is 5.93. The van der Waals surface area contributed by atoms with Crippen LogP contribution < -0.4 is 15.2 Å². The van der Waals surface area contributed by atoms with Gasteiger partial charge in [-0.15, -0.1) is 0 Å². The van der Waals surface area contributed by atoms with Crippen molar-refractivity contribution < 1.29 is 17.9 Å². The van der Waals surface area contributed by atoms with E-state index in [1.54, 1.807) is 42.5 Å². The molecule has 0 aliphatic heterocycles. The fourth-order valence-electron chi connectivity index (χ4n) is 2.97. The SMILES string of the molecule is CC(=O)Nc1cccc(C)c1-c1ccc(Oc2cccc(Cl)c2)c(S(N)(=O)=O)c1. The number of aryl methyl sites for hydroxylation is 1. The first-order valence-corrected chi connectivity index (χ1v) is 10.6. The molecule has 0 fully saturated rings. The number of hydrogen-bond acceptors (Lipinski definition) is 4. The van der Waals surface area contributed by atoms with Gasteiger partial charge in [-0.25, -0.2) is 13.6 Å². The molecule has 0 heterocycles. The zero-order valence-corrected chi connectivity index (χ0v) is 17.3. The first-order valence-electron chi connectivity index (χ1n) is 8.63. The molecule has 0 bridgehead atoms. The van der Waals surface area contributed by atoms with Gasteiger partial charge in [0.15, 0.2) is 0 Å². The van der Waals surface area contributed by atoms with Crippen LogP contribution in [-0.2, 0) is 14.8 Å². The fraction of sp³-hybridized carbons (Fsp3) is 0.0952. The lowest BCUT2D eigenvalue weighted by molar-refractivity contribution is -0.114. The number of rotatable bonds is 5. The van der Waals surface area contributed by atoms with E-state index in [1.165, 1.54) is 19.1 Å². The number of ether oxygens (including phenoxy) is 1. The standard InChI is InChI=1S/C21H19ClN2O4S/c1-13-5-3-8-18(24-14(2)25)21(13)15-9-10-19(20(11-15)29(23,26)27)28-17-7-4-6-16(22)12-17/h3-12H,1-2H3,(H,24,25)(H2,23,26,27). The molecule has 3 aromatic carbocycles. The molecule has 0 aliphatic rings. The van der Waals surface area contributed by atoms with E-state index in [2.05, 4.69) is 5.32 Å². The summed E-state index contributed by atoms with van der Waals surface area (Å²) in [5, 5.41) is 8.66. The van der Waals surface area contributed by atoms with Gasteiger partial charge >= 0.3 is 0 Å². The van der Waals surface area contributed by atoms with Crippen molar-refractivity contribution in [2.45, 2.75) is 18.7 Å². The molecule has 0 atom stereocenters. The van der Waals surface area contributed by atoms with Gasteiger partial charge in [-0.2, -0.15) is 0 Å². The summed E-state index contributed by atoms with van der Waals surface area (Å²) in [7, 11) is -4.09. The molecule has 0 radical (unpaired) electrons. The number of sulfonamides is 1. The number of nitrogens with one attached hydrogen (secondary N) is 1. The summed E-state index contributed by atoms with van der Waals surface area (Å²) in [5.74, 6) is 0.225. The van der Waals surface area contributed by atoms with Crippen LogP contribution in [0.2, 0.25) is 5.02 Å². The van der Waals surface area contributed by atoms with Crippen molar-refractivity contribution in [3.63, 3.8) is 0 Å². The third-order valence-corrected chi connectivity index (χ3v) is 5.31. The fourth-order valence-corrected chi connectivity index (χ4v) is 3.83. The number of carbonyl (C=O) groups excluding carboxylic acids is 1. The zero-order valence-electron chi connectivity index (χ0n) is 15.8. The normalized spacial score (nSPS) is 11.2. The molecule has 8 heteroatoms. The molecule has 0 saturated carbocycles. The Morgan fingerprint density at radius 1 is 1.07 bits per heavy atom. The number of benzene rings is 3. The summed E-state index contributed by atoms with van der Waals surface area (Å²) < 4.78 is 30.2. The second-order valence-electron chi connectivity index (χ2n) is 6.44. The largest absolute Gasteiger partial charge is 0.456 e. The van der Waals surface area contributed by atoms with Crippen molar-refractivity contribution >= 4 is 33.2 Å². The maximum Gasteiger partial charge on any atom is 0.241 e. The van der Waals surface area contributed by atoms with E-state index in [9.17, 15) is 13.2 Å². The summed E-state index contributed by atoms with van der Waals surface area (Å²) in [4.78, 5) is 11.4. The first kappa shape index (κ1) is 20.9. The van der Waals surface area contributed by atoms with Gasteiger partial charge in [0, 0.05) is 23.2 Å². The highest BCUT2D eigenvalue weighted by atomic mass is 35.5. The van der Waals surface area contributed by atoms with Crippen molar-refractivity contribution in [1.82, 2.24) is 0 Å². The highest BCUT2D eigenvalue weighted by Crippen LogP contribution is 2.37. The van der Waals surface area contributed by atoms with Crippen LogP contribution in [0.1, 0.15) is 12.5 Å². The maximum atomic E-state index is 12.2. The van der Waals surface area contributed by atoms with E-state index < -0.39 is 10.0 Å². The number of primary sulfonamides is 1. The molecule has 3 N–H and O–H groups in total. The lowest BCUT2D eigenvalue weighted by atomic mass is 9.98. The highest BCUT2D eigenvalue weighted by Gasteiger charge is 2.19. The number of hydrogen-bond donors (Lipinski definition) is 2. The van der Waals surface area contributed by atoms with Gasteiger partial charge in [0.1, 0.15) is 16.4 Å². The van der Waals surface area contributed by atoms with E-state index in [-0.39, 0.29) is 16.6 Å². The second-order valence-corrected chi connectivity index (χ2v) is 8.41. The van der Waals surface area contributed by atoms with Crippen LogP contribution in [-0.4, -0.2) is 14.3 Å². The summed E-state index contributed by atoms with van der Waals surface area (Å²) >= 11 is 5.96. The molecule has 29 heavy (non-hydrogen) atoms. The summed E-state index contributed by atoms with van der Waals surface area (Å²) in [5.41, 5.74) is 2.71.